The zero-order valence-corrected chi connectivity index (χ0v) is 7.80. The molecule has 2 aromatic rings. The summed E-state index contributed by atoms with van der Waals surface area (Å²) in [5.41, 5.74) is 1.21. The lowest BCUT2D eigenvalue weighted by molar-refractivity contribution is 0.0695. The Balaban J connectivity index is 2.79. The van der Waals surface area contributed by atoms with E-state index in [1.54, 1.807) is 6.92 Å². The molecule has 0 saturated heterocycles. The SMILES string of the molecule is Cc1c(C(=O)O)cnc2cc(C#N)nn12. The van der Waals surface area contributed by atoms with Crippen molar-refractivity contribution < 1.29 is 9.90 Å². The van der Waals surface area contributed by atoms with Crippen molar-refractivity contribution in [2.24, 2.45) is 0 Å². The quantitative estimate of drug-likeness (QED) is 0.731. The van der Waals surface area contributed by atoms with Crippen LogP contribution in [0.2, 0.25) is 0 Å². The Bertz CT molecular complexity index is 594. The fourth-order valence-electron chi connectivity index (χ4n) is 1.31. The standard InChI is InChI=1S/C9H6N4O2/c1-5-7(9(14)15)4-11-8-2-6(3-10)12-13(5)8/h2,4H,1H3,(H,14,15). The van der Waals surface area contributed by atoms with Gasteiger partial charge < -0.3 is 5.11 Å². The van der Waals surface area contributed by atoms with Crippen molar-refractivity contribution >= 4 is 11.6 Å². The first kappa shape index (κ1) is 9.15. The van der Waals surface area contributed by atoms with Gasteiger partial charge in [0.2, 0.25) is 0 Å². The first-order chi connectivity index (χ1) is 7.13. The first-order valence-electron chi connectivity index (χ1n) is 4.12. The van der Waals surface area contributed by atoms with E-state index >= 15 is 0 Å². The van der Waals surface area contributed by atoms with Gasteiger partial charge in [-0.05, 0) is 6.92 Å². The van der Waals surface area contributed by atoms with Crippen molar-refractivity contribution in [3.05, 3.63) is 29.2 Å². The maximum Gasteiger partial charge on any atom is 0.339 e. The third-order valence-electron chi connectivity index (χ3n) is 2.07. The summed E-state index contributed by atoms with van der Waals surface area (Å²) in [6, 6.07) is 3.37. The Kier molecular flexibility index (Phi) is 1.87. The molecule has 0 aliphatic rings. The summed E-state index contributed by atoms with van der Waals surface area (Å²) in [7, 11) is 0. The molecule has 0 atom stereocenters. The van der Waals surface area contributed by atoms with Crippen LogP contribution >= 0.6 is 0 Å². The molecular weight excluding hydrogens is 196 g/mol. The van der Waals surface area contributed by atoms with Gasteiger partial charge in [0.1, 0.15) is 6.07 Å². The van der Waals surface area contributed by atoms with E-state index < -0.39 is 5.97 Å². The van der Waals surface area contributed by atoms with E-state index in [1.807, 2.05) is 6.07 Å². The largest absolute Gasteiger partial charge is 0.478 e. The van der Waals surface area contributed by atoms with E-state index in [0.29, 0.717) is 11.3 Å². The minimum Gasteiger partial charge on any atom is -0.478 e. The smallest absolute Gasteiger partial charge is 0.339 e. The predicted molar refractivity (Wildman–Crippen MR) is 49.4 cm³/mol. The Hall–Kier alpha value is -2.42. The zero-order chi connectivity index (χ0) is 11.0. The maximum absolute atomic E-state index is 10.8. The number of carbonyl (C=O) groups is 1. The van der Waals surface area contributed by atoms with Gasteiger partial charge in [-0.3, -0.25) is 0 Å². The molecule has 1 N–H and O–H groups in total. The van der Waals surface area contributed by atoms with Gasteiger partial charge in [-0.1, -0.05) is 0 Å². The molecule has 74 valence electrons. The summed E-state index contributed by atoms with van der Waals surface area (Å²) in [6.07, 6.45) is 1.26. The van der Waals surface area contributed by atoms with Crippen LogP contribution < -0.4 is 0 Å². The highest BCUT2D eigenvalue weighted by molar-refractivity contribution is 5.88. The van der Waals surface area contributed by atoms with E-state index in [1.165, 1.54) is 16.8 Å². The lowest BCUT2D eigenvalue weighted by Crippen LogP contribution is -2.06. The molecule has 6 nitrogen and oxygen atoms in total. The van der Waals surface area contributed by atoms with Gasteiger partial charge in [0, 0.05) is 12.3 Å². The van der Waals surface area contributed by atoms with Crippen LogP contribution in [0.15, 0.2) is 12.3 Å². The molecule has 2 aromatic heterocycles. The summed E-state index contributed by atoms with van der Waals surface area (Å²) in [6.45, 7) is 1.62. The first-order valence-corrected chi connectivity index (χ1v) is 4.12. The lowest BCUT2D eigenvalue weighted by atomic mass is 10.2. The minimum absolute atomic E-state index is 0.0788. The highest BCUT2D eigenvalue weighted by atomic mass is 16.4. The van der Waals surface area contributed by atoms with Gasteiger partial charge >= 0.3 is 5.97 Å². The normalized spacial score (nSPS) is 10.1. The fourth-order valence-corrected chi connectivity index (χ4v) is 1.31. The number of nitrogens with zero attached hydrogens (tertiary/aromatic N) is 4. The molecule has 2 rings (SSSR count). The number of fused-ring (bicyclic) bond motifs is 1. The molecule has 0 fully saturated rings. The minimum atomic E-state index is -1.06. The molecule has 0 aromatic carbocycles. The summed E-state index contributed by atoms with van der Waals surface area (Å²) in [4.78, 5) is 14.7. The maximum atomic E-state index is 10.8. The molecule has 0 radical (unpaired) electrons. The molecule has 0 aliphatic heterocycles. The van der Waals surface area contributed by atoms with Crippen LogP contribution in [-0.2, 0) is 0 Å². The van der Waals surface area contributed by atoms with Gasteiger partial charge in [-0.15, -0.1) is 0 Å². The predicted octanol–water partition coefficient (Wildman–Crippen LogP) is 0.608. The Morgan fingerprint density at radius 3 is 3.00 bits per heavy atom. The van der Waals surface area contributed by atoms with Crippen molar-refractivity contribution in [3.63, 3.8) is 0 Å². The van der Waals surface area contributed by atoms with Crippen LogP contribution in [0, 0.1) is 18.3 Å². The van der Waals surface area contributed by atoms with Crippen LogP contribution in [0.5, 0.6) is 0 Å². The molecule has 0 aliphatic carbocycles. The molecule has 6 heteroatoms. The number of hydrogen-bond donors (Lipinski definition) is 1. The van der Waals surface area contributed by atoms with E-state index in [2.05, 4.69) is 10.1 Å². The monoisotopic (exact) mass is 202 g/mol. The van der Waals surface area contributed by atoms with Gasteiger partial charge in [-0.2, -0.15) is 10.4 Å². The number of aromatic carboxylic acids is 1. The van der Waals surface area contributed by atoms with Crippen molar-refractivity contribution in [1.29, 1.82) is 5.26 Å². The number of hydrogen-bond acceptors (Lipinski definition) is 4. The number of carboxylic acids is 1. The van der Waals surface area contributed by atoms with Crippen LogP contribution in [0.25, 0.3) is 5.65 Å². The molecule has 0 amide bonds. The molecule has 2 heterocycles. The summed E-state index contributed by atoms with van der Waals surface area (Å²) in [5.74, 6) is -1.06. The molecular formula is C9H6N4O2. The lowest BCUT2D eigenvalue weighted by Gasteiger charge is -2.01. The van der Waals surface area contributed by atoms with Crippen molar-refractivity contribution in [3.8, 4) is 6.07 Å². The number of nitriles is 1. The third-order valence-corrected chi connectivity index (χ3v) is 2.07. The number of carboxylic acid groups (broad SMARTS) is 1. The van der Waals surface area contributed by atoms with Crippen LogP contribution in [-0.4, -0.2) is 25.7 Å². The van der Waals surface area contributed by atoms with E-state index in [-0.39, 0.29) is 11.3 Å². The van der Waals surface area contributed by atoms with Crippen molar-refractivity contribution in [2.75, 3.05) is 0 Å². The van der Waals surface area contributed by atoms with Crippen LogP contribution in [0.4, 0.5) is 0 Å². The Labute approximate surface area is 84.4 Å². The molecule has 0 bridgehead atoms. The van der Waals surface area contributed by atoms with Crippen LogP contribution in [0.1, 0.15) is 21.7 Å². The van der Waals surface area contributed by atoms with Crippen LogP contribution in [0.3, 0.4) is 0 Å². The summed E-state index contributed by atoms with van der Waals surface area (Å²) < 4.78 is 1.35. The topological polar surface area (TPSA) is 91.3 Å². The van der Waals surface area contributed by atoms with Gasteiger partial charge in [0.05, 0.1) is 11.3 Å². The second-order valence-corrected chi connectivity index (χ2v) is 2.97. The van der Waals surface area contributed by atoms with Gasteiger partial charge in [0.25, 0.3) is 0 Å². The Morgan fingerprint density at radius 1 is 1.67 bits per heavy atom. The second-order valence-electron chi connectivity index (χ2n) is 2.97. The molecule has 0 saturated carbocycles. The number of aryl methyl sites for hydroxylation is 1. The highest BCUT2D eigenvalue weighted by Crippen LogP contribution is 2.10. The summed E-state index contributed by atoms with van der Waals surface area (Å²) >= 11 is 0. The molecule has 15 heavy (non-hydrogen) atoms. The van der Waals surface area contributed by atoms with E-state index in [4.69, 9.17) is 10.4 Å². The van der Waals surface area contributed by atoms with E-state index in [0.717, 1.165) is 0 Å². The number of aromatic nitrogens is 3. The highest BCUT2D eigenvalue weighted by Gasteiger charge is 2.12. The average Bonchev–Trinajstić information content (AvgIpc) is 2.61. The molecule has 0 unspecified atom stereocenters. The van der Waals surface area contributed by atoms with Gasteiger partial charge in [-0.25, -0.2) is 14.3 Å². The summed E-state index contributed by atoms with van der Waals surface area (Å²) in [5, 5.41) is 21.4. The second kappa shape index (κ2) is 3.06. The third kappa shape index (κ3) is 1.30. The van der Waals surface area contributed by atoms with E-state index in [9.17, 15) is 4.79 Å². The number of rotatable bonds is 1. The fraction of sp³-hybridized carbons (Fsp3) is 0.111. The average molecular weight is 202 g/mol. The van der Waals surface area contributed by atoms with Crippen molar-refractivity contribution in [1.82, 2.24) is 14.6 Å². The Morgan fingerprint density at radius 2 is 2.40 bits per heavy atom. The zero-order valence-electron chi connectivity index (χ0n) is 7.80. The van der Waals surface area contributed by atoms with Gasteiger partial charge in [0.15, 0.2) is 11.3 Å². The molecule has 0 spiro atoms. The van der Waals surface area contributed by atoms with Crippen molar-refractivity contribution in [2.45, 2.75) is 6.92 Å².